The zero-order valence-electron chi connectivity index (χ0n) is 37.8. The molecule has 16 nitrogen and oxygen atoms in total. The number of nitrogens with zero attached hydrogens (tertiary/aromatic N) is 4. The molecule has 4 amide bonds. The number of alkyl halides is 3. The number of amides is 4. The van der Waals surface area contributed by atoms with Crippen molar-refractivity contribution in [2.45, 2.75) is 57.0 Å². The largest absolute Gasteiger partial charge is 0.497 e. The van der Waals surface area contributed by atoms with Gasteiger partial charge >= 0.3 is 0 Å². The molecule has 5 rings (SSSR count). The fraction of sp³-hybridized carbons (Fsp3) is 0.250. The van der Waals surface area contributed by atoms with E-state index in [1.165, 1.54) is 68.8 Å². The zero-order valence-corrected chi connectivity index (χ0v) is 41.6. The van der Waals surface area contributed by atoms with Gasteiger partial charge in [-0.05, 0) is 130 Å². The average molecular weight is 1040 g/mol. The second kappa shape index (κ2) is 24.7. The lowest BCUT2D eigenvalue weighted by Gasteiger charge is -2.15. The van der Waals surface area contributed by atoms with Crippen molar-refractivity contribution in [1.29, 1.82) is 0 Å². The average Bonchev–Trinajstić information content (AvgIpc) is 3.29. The molecule has 0 aliphatic carbocycles. The SMILES string of the molecule is COc1cc(NC(=O)c2cc(Cl)cc(N=NC(C(C)=O)C(=O)Nc3ccc(NC(=O)C(N=Nc4cc(Cl)cc(C(=O)Nc5cc(OC)cc(C(C)Cl)c5)c4)C(C)=O)c(CCCl)c3)c2)cc(C(C)Cl)c1. The summed E-state index contributed by atoms with van der Waals surface area (Å²) in [4.78, 5) is 79.0. The monoisotopic (exact) mass is 1040 g/mol. The molecule has 4 atom stereocenters. The highest BCUT2D eigenvalue weighted by atomic mass is 35.5. The number of anilines is 4. The van der Waals surface area contributed by atoms with Crippen LogP contribution in [-0.4, -0.2) is 67.4 Å². The summed E-state index contributed by atoms with van der Waals surface area (Å²) in [6.45, 7) is 5.88. The minimum atomic E-state index is -1.62. The Morgan fingerprint density at radius 3 is 1.42 bits per heavy atom. The third-order valence-corrected chi connectivity index (χ3v) is 11.0. The highest BCUT2D eigenvalue weighted by Gasteiger charge is 2.26. The van der Waals surface area contributed by atoms with Gasteiger partial charge in [0.2, 0.25) is 12.1 Å². The number of halogens is 5. The maximum atomic E-state index is 13.5. The van der Waals surface area contributed by atoms with Crippen LogP contribution in [-0.2, 0) is 25.6 Å². The van der Waals surface area contributed by atoms with Gasteiger partial charge in [0, 0.05) is 61.9 Å². The Morgan fingerprint density at radius 1 is 0.565 bits per heavy atom. The maximum absolute atomic E-state index is 13.5. The number of hydrogen-bond acceptors (Lipinski definition) is 12. The lowest BCUT2D eigenvalue weighted by molar-refractivity contribution is -0.127. The van der Waals surface area contributed by atoms with Gasteiger partial charge in [-0.1, -0.05) is 23.2 Å². The van der Waals surface area contributed by atoms with E-state index in [-0.39, 0.29) is 67.0 Å². The summed E-state index contributed by atoms with van der Waals surface area (Å²) in [5.74, 6) is -2.97. The van der Waals surface area contributed by atoms with E-state index in [1.54, 1.807) is 50.2 Å². The number of benzene rings is 5. The molecule has 4 N–H and O–H groups in total. The first kappa shape index (κ1) is 53.5. The molecule has 4 unspecified atom stereocenters. The van der Waals surface area contributed by atoms with Crippen LogP contribution in [0.3, 0.4) is 0 Å². The van der Waals surface area contributed by atoms with Crippen LogP contribution in [0.2, 0.25) is 10.0 Å². The molecule has 0 heterocycles. The minimum absolute atomic E-state index is 0.0838. The van der Waals surface area contributed by atoms with Crippen LogP contribution in [0.5, 0.6) is 11.5 Å². The van der Waals surface area contributed by atoms with E-state index in [2.05, 4.69) is 41.7 Å². The molecule has 0 saturated heterocycles. The maximum Gasteiger partial charge on any atom is 0.258 e. The standard InChI is InChI=1S/C48H45Cl5N8O8/c1-24(50)29-14-36(22-40(18-29)68-5)55-45(64)31-11-33(52)20-38(16-31)58-60-43(26(3)62)47(66)54-35-7-8-42(28(13-35)9-10-49)57-48(67)44(27(4)63)61-59-39-17-32(12-34(53)21-39)46(65)56-37-15-30(25(2)51)19-41(23-37)69-6/h7-8,11-25,43-44H,9-10H2,1-6H3,(H,54,66)(H,55,64)(H,56,65)(H,57,67). The van der Waals surface area contributed by atoms with E-state index in [4.69, 9.17) is 67.5 Å². The Hall–Kier alpha value is -6.43. The molecular weight excluding hydrogens is 994 g/mol. The van der Waals surface area contributed by atoms with Crippen molar-refractivity contribution in [3.63, 3.8) is 0 Å². The summed E-state index contributed by atoms with van der Waals surface area (Å²) in [5, 5.41) is 26.5. The molecule has 5 aromatic carbocycles. The summed E-state index contributed by atoms with van der Waals surface area (Å²) in [7, 11) is 2.98. The summed E-state index contributed by atoms with van der Waals surface area (Å²) in [6.07, 6.45) is 0.202. The number of carbonyl (C=O) groups excluding carboxylic acids is 6. The molecule has 5 aromatic rings. The van der Waals surface area contributed by atoms with Gasteiger partial charge in [-0.25, -0.2) is 0 Å². The van der Waals surface area contributed by atoms with Crippen LogP contribution < -0.4 is 30.7 Å². The molecule has 0 fully saturated rings. The third-order valence-electron chi connectivity index (χ3n) is 9.89. The molecule has 0 saturated carbocycles. The van der Waals surface area contributed by atoms with E-state index in [0.29, 0.717) is 28.4 Å². The minimum Gasteiger partial charge on any atom is -0.497 e. The number of carbonyl (C=O) groups is 6. The van der Waals surface area contributed by atoms with E-state index in [1.807, 2.05) is 0 Å². The Kier molecular flexibility index (Phi) is 19.2. The molecule has 360 valence electrons. The zero-order chi connectivity index (χ0) is 50.5. The fourth-order valence-corrected chi connectivity index (χ4v) is 7.33. The van der Waals surface area contributed by atoms with Crippen LogP contribution in [0.15, 0.2) is 111 Å². The molecule has 0 aliphatic rings. The molecule has 21 heteroatoms. The smallest absolute Gasteiger partial charge is 0.258 e. The number of ether oxygens (including phenoxy) is 2. The van der Waals surface area contributed by atoms with Crippen molar-refractivity contribution in [2.24, 2.45) is 20.5 Å². The highest BCUT2D eigenvalue weighted by molar-refractivity contribution is 6.32. The number of Topliss-reactive ketones (excluding diaryl/α,β-unsaturated/α-hetero) is 2. The van der Waals surface area contributed by atoms with Gasteiger partial charge in [0.05, 0.1) is 36.3 Å². The van der Waals surface area contributed by atoms with Crippen molar-refractivity contribution in [1.82, 2.24) is 0 Å². The molecule has 69 heavy (non-hydrogen) atoms. The summed E-state index contributed by atoms with van der Waals surface area (Å²) in [6, 6.07) is 19.7. The Bertz CT molecular complexity index is 2840. The van der Waals surface area contributed by atoms with Crippen molar-refractivity contribution in [3.05, 3.63) is 129 Å². The Balaban J connectivity index is 1.28. The Labute approximate surface area is 422 Å². The van der Waals surface area contributed by atoms with Gasteiger partial charge in [0.1, 0.15) is 11.5 Å². The van der Waals surface area contributed by atoms with Crippen LogP contribution in [0.1, 0.15) is 75.9 Å². The van der Waals surface area contributed by atoms with Crippen molar-refractivity contribution in [3.8, 4) is 11.5 Å². The van der Waals surface area contributed by atoms with Crippen LogP contribution in [0.4, 0.5) is 34.1 Å². The van der Waals surface area contributed by atoms with E-state index >= 15 is 0 Å². The van der Waals surface area contributed by atoms with Crippen LogP contribution in [0.25, 0.3) is 0 Å². The van der Waals surface area contributed by atoms with Gasteiger partial charge in [-0.3, -0.25) is 28.8 Å². The fourth-order valence-electron chi connectivity index (χ4n) is 6.42. The number of azo groups is 2. The van der Waals surface area contributed by atoms with Gasteiger partial charge < -0.3 is 30.7 Å². The number of rotatable bonds is 20. The second-order valence-corrected chi connectivity index (χ2v) is 17.8. The molecule has 0 radical (unpaired) electrons. The molecule has 0 spiro atoms. The summed E-state index contributed by atoms with van der Waals surface area (Å²) >= 11 is 31.3. The first-order valence-corrected chi connectivity index (χ1v) is 23.0. The molecule has 0 bridgehead atoms. The first-order chi connectivity index (χ1) is 32.8. The number of nitrogens with one attached hydrogen (secondary N) is 4. The first-order valence-electron chi connectivity index (χ1n) is 20.8. The lowest BCUT2D eigenvalue weighted by Crippen LogP contribution is -2.32. The van der Waals surface area contributed by atoms with Gasteiger partial charge in [-0.2, -0.15) is 20.5 Å². The van der Waals surface area contributed by atoms with Crippen molar-refractivity contribution in [2.75, 3.05) is 41.4 Å². The lowest BCUT2D eigenvalue weighted by atomic mass is 10.1. The Morgan fingerprint density at radius 2 is 1.01 bits per heavy atom. The number of ketones is 2. The normalized spacial score (nSPS) is 13.0. The second-order valence-electron chi connectivity index (χ2n) is 15.3. The van der Waals surface area contributed by atoms with Crippen molar-refractivity contribution >= 4 is 127 Å². The number of hydrogen-bond donors (Lipinski definition) is 4. The number of methoxy groups -OCH3 is 2. The van der Waals surface area contributed by atoms with E-state index < -0.39 is 47.3 Å². The molecular formula is C48H45Cl5N8O8. The van der Waals surface area contributed by atoms with Crippen LogP contribution >= 0.6 is 58.0 Å². The van der Waals surface area contributed by atoms with Gasteiger partial charge in [0.15, 0.2) is 11.6 Å². The van der Waals surface area contributed by atoms with Gasteiger partial charge in [-0.15, -0.1) is 34.8 Å². The summed E-state index contributed by atoms with van der Waals surface area (Å²) in [5.41, 5.74) is 3.58. The molecule has 0 aliphatic heterocycles. The summed E-state index contributed by atoms with van der Waals surface area (Å²) < 4.78 is 10.7. The number of aryl methyl sites for hydroxylation is 1. The van der Waals surface area contributed by atoms with Crippen LogP contribution in [0, 0.1) is 0 Å². The van der Waals surface area contributed by atoms with E-state index in [0.717, 1.165) is 25.0 Å². The quantitative estimate of drug-likeness (QED) is 0.0333. The van der Waals surface area contributed by atoms with Crippen molar-refractivity contribution < 1.29 is 38.2 Å². The predicted molar refractivity (Wildman–Crippen MR) is 269 cm³/mol. The van der Waals surface area contributed by atoms with Gasteiger partial charge in [0.25, 0.3) is 23.6 Å². The highest BCUT2D eigenvalue weighted by Crippen LogP contribution is 2.32. The topological polar surface area (TPSA) is 218 Å². The molecule has 0 aromatic heterocycles. The predicted octanol–water partition coefficient (Wildman–Crippen LogP) is 12.3. The van der Waals surface area contributed by atoms with E-state index in [9.17, 15) is 28.8 Å². The third kappa shape index (κ3) is 15.3.